The summed E-state index contributed by atoms with van der Waals surface area (Å²) < 4.78 is 5.53. The first kappa shape index (κ1) is 16.5. The zero-order chi connectivity index (χ0) is 15.3. The predicted molar refractivity (Wildman–Crippen MR) is 82.1 cm³/mol. The van der Waals surface area contributed by atoms with Gasteiger partial charge in [-0.3, -0.25) is 4.90 Å². The molecule has 0 spiro atoms. The Hall–Kier alpha value is -1.58. The van der Waals surface area contributed by atoms with Gasteiger partial charge in [0.15, 0.2) is 0 Å². The van der Waals surface area contributed by atoms with Crippen molar-refractivity contribution in [1.29, 1.82) is 0 Å². The molecule has 0 saturated heterocycles. The second-order valence-electron chi connectivity index (χ2n) is 6.01. The van der Waals surface area contributed by atoms with Crippen molar-refractivity contribution in [3.05, 3.63) is 23.9 Å². The van der Waals surface area contributed by atoms with E-state index in [0.29, 0.717) is 5.82 Å². The third-order valence-electron chi connectivity index (χ3n) is 3.05. The minimum absolute atomic E-state index is 0.0964. The van der Waals surface area contributed by atoms with Gasteiger partial charge in [0, 0.05) is 12.2 Å². The minimum Gasteiger partial charge on any atom is -0.443 e. The molecule has 0 fully saturated rings. The maximum atomic E-state index is 12.5. The topological polar surface area (TPSA) is 42.4 Å². The Balaban J connectivity index is 3.11. The van der Waals surface area contributed by atoms with Crippen LogP contribution in [-0.2, 0) is 4.74 Å². The molecule has 4 nitrogen and oxygen atoms in total. The van der Waals surface area contributed by atoms with Crippen LogP contribution in [0, 0.1) is 6.92 Å². The summed E-state index contributed by atoms with van der Waals surface area (Å²) in [6, 6.07) is 3.94. The van der Waals surface area contributed by atoms with Crippen molar-refractivity contribution in [3.8, 4) is 0 Å². The van der Waals surface area contributed by atoms with Crippen molar-refractivity contribution in [3.63, 3.8) is 0 Å². The number of aryl methyl sites for hydroxylation is 1. The zero-order valence-corrected chi connectivity index (χ0v) is 13.4. The van der Waals surface area contributed by atoms with E-state index in [4.69, 9.17) is 4.74 Å². The van der Waals surface area contributed by atoms with Crippen molar-refractivity contribution in [2.24, 2.45) is 0 Å². The highest BCUT2D eigenvalue weighted by Gasteiger charge is 2.28. The highest BCUT2D eigenvalue weighted by atomic mass is 16.6. The van der Waals surface area contributed by atoms with Gasteiger partial charge in [-0.2, -0.15) is 0 Å². The van der Waals surface area contributed by atoms with Gasteiger partial charge in [-0.15, -0.1) is 0 Å². The van der Waals surface area contributed by atoms with Crippen LogP contribution < -0.4 is 4.90 Å². The van der Waals surface area contributed by atoms with Crippen molar-refractivity contribution >= 4 is 11.9 Å². The molecule has 1 aromatic rings. The molecule has 0 saturated carbocycles. The molecule has 0 aromatic carbocycles. The Bertz CT molecular complexity index is 448. The number of carbonyl (C=O) groups is 1. The molecule has 0 atom stereocenters. The number of aromatic nitrogens is 1. The number of carbonyl (C=O) groups excluding carboxylic acids is 1. The maximum Gasteiger partial charge on any atom is 0.416 e. The molecule has 0 N–H and O–H groups in total. The molecule has 1 rings (SSSR count). The quantitative estimate of drug-likeness (QED) is 0.823. The van der Waals surface area contributed by atoms with Crippen LogP contribution in [0.4, 0.5) is 10.6 Å². The minimum atomic E-state index is -0.509. The number of hydrogen-bond donors (Lipinski definition) is 0. The van der Waals surface area contributed by atoms with Crippen LogP contribution in [0.5, 0.6) is 0 Å². The fourth-order valence-corrected chi connectivity index (χ4v) is 2.05. The molecular formula is C16H26N2O2. The van der Waals surface area contributed by atoms with Crippen LogP contribution in [-0.4, -0.2) is 22.7 Å². The standard InChI is InChI=1S/C16H26N2O2/c1-7-13(8-2)18(15(19)20-16(4,5)6)14-11-12(3)9-10-17-14/h9-11,13H,7-8H2,1-6H3. The molecule has 0 unspecified atom stereocenters. The molecule has 1 heterocycles. The largest absolute Gasteiger partial charge is 0.443 e. The summed E-state index contributed by atoms with van der Waals surface area (Å²) in [5.74, 6) is 0.660. The van der Waals surface area contributed by atoms with Crippen molar-refractivity contribution in [1.82, 2.24) is 4.98 Å². The van der Waals surface area contributed by atoms with E-state index < -0.39 is 5.60 Å². The third kappa shape index (κ3) is 4.51. The van der Waals surface area contributed by atoms with E-state index in [1.54, 1.807) is 11.1 Å². The monoisotopic (exact) mass is 278 g/mol. The number of anilines is 1. The van der Waals surface area contributed by atoms with Gasteiger partial charge in [-0.25, -0.2) is 9.78 Å². The molecule has 0 bridgehead atoms. The van der Waals surface area contributed by atoms with Crippen LogP contribution in [0.25, 0.3) is 0 Å². The Morgan fingerprint density at radius 3 is 2.40 bits per heavy atom. The van der Waals surface area contributed by atoms with Crippen molar-refractivity contribution in [2.45, 2.75) is 66.0 Å². The summed E-state index contributed by atoms with van der Waals surface area (Å²) in [7, 11) is 0. The van der Waals surface area contributed by atoms with E-state index in [9.17, 15) is 4.79 Å². The summed E-state index contributed by atoms with van der Waals surface area (Å²) in [5, 5.41) is 0. The van der Waals surface area contributed by atoms with Gasteiger partial charge < -0.3 is 4.74 Å². The van der Waals surface area contributed by atoms with E-state index in [1.807, 2.05) is 39.8 Å². The predicted octanol–water partition coefficient (Wildman–Crippen LogP) is 4.32. The molecule has 0 aliphatic rings. The number of ether oxygens (including phenoxy) is 1. The number of pyridine rings is 1. The Morgan fingerprint density at radius 1 is 1.35 bits per heavy atom. The summed E-state index contributed by atoms with van der Waals surface area (Å²) in [4.78, 5) is 18.5. The molecule has 20 heavy (non-hydrogen) atoms. The Kier molecular flexibility index (Phi) is 5.54. The number of amides is 1. The van der Waals surface area contributed by atoms with Gasteiger partial charge in [0.1, 0.15) is 11.4 Å². The summed E-state index contributed by atoms with van der Waals surface area (Å²) in [6.07, 6.45) is 3.13. The van der Waals surface area contributed by atoms with E-state index in [0.717, 1.165) is 18.4 Å². The number of rotatable bonds is 4. The van der Waals surface area contributed by atoms with Crippen molar-refractivity contribution < 1.29 is 9.53 Å². The molecule has 4 heteroatoms. The summed E-state index contributed by atoms with van der Waals surface area (Å²) in [5.41, 5.74) is 0.570. The molecule has 112 valence electrons. The molecule has 0 aliphatic carbocycles. The van der Waals surface area contributed by atoms with E-state index in [1.165, 1.54) is 0 Å². The van der Waals surface area contributed by atoms with E-state index in [2.05, 4.69) is 18.8 Å². The summed E-state index contributed by atoms with van der Waals surface area (Å²) in [6.45, 7) is 11.8. The highest BCUT2D eigenvalue weighted by Crippen LogP contribution is 2.22. The average Bonchev–Trinajstić information content (AvgIpc) is 2.33. The van der Waals surface area contributed by atoms with E-state index in [-0.39, 0.29) is 12.1 Å². The lowest BCUT2D eigenvalue weighted by Crippen LogP contribution is -2.43. The average molecular weight is 278 g/mol. The van der Waals surface area contributed by atoms with Gasteiger partial charge in [0.05, 0.1) is 0 Å². The smallest absolute Gasteiger partial charge is 0.416 e. The van der Waals surface area contributed by atoms with E-state index >= 15 is 0 Å². The SMILES string of the molecule is CCC(CC)N(C(=O)OC(C)(C)C)c1cc(C)ccn1. The van der Waals surface area contributed by atoms with Gasteiger partial charge in [0.25, 0.3) is 0 Å². The fourth-order valence-electron chi connectivity index (χ4n) is 2.05. The van der Waals surface area contributed by atoms with Gasteiger partial charge in [-0.1, -0.05) is 13.8 Å². The zero-order valence-electron chi connectivity index (χ0n) is 13.4. The second kappa shape index (κ2) is 6.73. The summed E-state index contributed by atoms with van der Waals surface area (Å²) >= 11 is 0. The fraction of sp³-hybridized carbons (Fsp3) is 0.625. The Labute approximate surface area is 122 Å². The van der Waals surface area contributed by atoms with Crippen LogP contribution >= 0.6 is 0 Å². The Morgan fingerprint density at radius 2 is 1.95 bits per heavy atom. The van der Waals surface area contributed by atoms with Crippen molar-refractivity contribution in [2.75, 3.05) is 4.90 Å². The molecule has 0 aliphatic heterocycles. The first-order chi connectivity index (χ1) is 9.28. The van der Waals surface area contributed by atoms with Crippen LogP contribution in [0.1, 0.15) is 53.0 Å². The molecule has 1 amide bonds. The lowest BCUT2D eigenvalue weighted by molar-refractivity contribution is 0.0562. The molecule has 0 radical (unpaired) electrons. The maximum absolute atomic E-state index is 12.5. The van der Waals surface area contributed by atoms with Gasteiger partial charge in [-0.05, 0) is 58.2 Å². The normalized spacial score (nSPS) is 11.6. The molecular weight excluding hydrogens is 252 g/mol. The van der Waals surface area contributed by atoms with Gasteiger partial charge >= 0.3 is 6.09 Å². The van der Waals surface area contributed by atoms with Gasteiger partial charge in [0.2, 0.25) is 0 Å². The number of nitrogens with zero attached hydrogens (tertiary/aromatic N) is 2. The first-order valence-corrected chi connectivity index (χ1v) is 7.23. The number of hydrogen-bond acceptors (Lipinski definition) is 3. The highest BCUT2D eigenvalue weighted by molar-refractivity contribution is 5.87. The first-order valence-electron chi connectivity index (χ1n) is 7.23. The lowest BCUT2D eigenvalue weighted by Gasteiger charge is -2.32. The lowest BCUT2D eigenvalue weighted by atomic mass is 10.1. The van der Waals surface area contributed by atoms with Crippen LogP contribution in [0.2, 0.25) is 0 Å². The second-order valence-corrected chi connectivity index (χ2v) is 6.01. The van der Waals surface area contributed by atoms with Crippen LogP contribution in [0.3, 0.4) is 0 Å². The molecule has 1 aromatic heterocycles. The van der Waals surface area contributed by atoms with Crippen LogP contribution in [0.15, 0.2) is 18.3 Å². The third-order valence-corrected chi connectivity index (χ3v) is 3.05.